The van der Waals surface area contributed by atoms with Gasteiger partial charge in [0.25, 0.3) is 0 Å². The molecule has 0 bridgehead atoms. The van der Waals surface area contributed by atoms with Crippen molar-refractivity contribution >= 4 is 29.5 Å². The average Bonchev–Trinajstić information content (AvgIpc) is 3.39. The van der Waals surface area contributed by atoms with Crippen LogP contribution in [-0.4, -0.2) is 66.0 Å². The zero-order valence-corrected chi connectivity index (χ0v) is 20.5. The third-order valence-corrected chi connectivity index (χ3v) is 9.06. The molecule has 4 atom stereocenters. The molecule has 1 aliphatic carbocycles. The van der Waals surface area contributed by atoms with Crippen molar-refractivity contribution in [3.05, 3.63) is 29.8 Å². The maximum Gasteiger partial charge on any atom is 0.246 e. The molecule has 9 heteroatoms. The number of carbonyl (C=O) groups excluding carboxylic acids is 3. The summed E-state index contributed by atoms with van der Waals surface area (Å²) in [4.78, 5) is 41.9. The molecule has 4 unspecified atom stereocenters. The summed E-state index contributed by atoms with van der Waals surface area (Å²) in [6.45, 7) is 0.718. The Morgan fingerprint density at radius 1 is 1.15 bits per heavy atom. The van der Waals surface area contributed by atoms with Crippen LogP contribution in [0.15, 0.2) is 24.3 Å². The number of likely N-dealkylation sites (N-methyl/N-ethyl adjacent to an activating group) is 1. The highest BCUT2D eigenvalue weighted by Gasteiger charge is 2.59. The molecular formula is C25H34N4O4S. The van der Waals surface area contributed by atoms with Crippen LogP contribution in [0.4, 0.5) is 0 Å². The van der Waals surface area contributed by atoms with E-state index in [9.17, 15) is 14.4 Å². The smallest absolute Gasteiger partial charge is 0.246 e. The summed E-state index contributed by atoms with van der Waals surface area (Å²) in [5.74, 6) is 1.22. The van der Waals surface area contributed by atoms with E-state index in [1.165, 1.54) is 0 Å². The van der Waals surface area contributed by atoms with Crippen LogP contribution >= 0.6 is 11.8 Å². The highest BCUT2D eigenvalue weighted by Crippen LogP contribution is 2.55. The maximum atomic E-state index is 14.0. The fraction of sp³-hybridized carbons (Fsp3) is 0.640. The Bertz CT molecular complexity index is 951. The average molecular weight is 487 g/mol. The minimum atomic E-state index is -0.589. The minimum Gasteiger partial charge on any atom is -0.493 e. The number of carbonyl (C=O) groups is 3. The van der Waals surface area contributed by atoms with Gasteiger partial charge < -0.3 is 25.6 Å². The molecule has 1 saturated carbocycles. The Balaban J connectivity index is 1.42. The number of nitrogens with one attached hydrogen (secondary N) is 3. The van der Waals surface area contributed by atoms with E-state index in [0.717, 1.165) is 49.2 Å². The van der Waals surface area contributed by atoms with Crippen LogP contribution in [0, 0.1) is 5.41 Å². The van der Waals surface area contributed by atoms with Crippen molar-refractivity contribution in [3.8, 4) is 5.75 Å². The molecule has 2 saturated heterocycles. The molecule has 0 radical (unpaired) electrons. The molecule has 3 aliphatic heterocycles. The molecule has 4 aliphatic rings. The van der Waals surface area contributed by atoms with Crippen LogP contribution in [0.2, 0.25) is 0 Å². The number of benzene rings is 1. The first-order valence-electron chi connectivity index (χ1n) is 12.4. The molecule has 3 heterocycles. The lowest BCUT2D eigenvalue weighted by Gasteiger charge is -2.37. The van der Waals surface area contributed by atoms with Crippen LogP contribution in [0.1, 0.15) is 56.6 Å². The molecule has 3 N–H and O–H groups in total. The van der Waals surface area contributed by atoms with Gasteiger partial charge in [-0.1, -0.05) is 31.0 Å². The van der Waals surface area contributed by atoms with Gasteiger partial charge in [-0.3, -0.25) is 14.4 Å². The third kappa shape index (κ3) is 4.28. The van der Waals surface area contributed by atoms with Gasteiger partial charge >= 0.3 is 0 Å². The largest absolute Gasteiger partial charge is 0.493 e. The SMILES string of the molecule is CNCC(=O)NC1CCSC2CC3(CCCC3)C(C(=O)NC3CCOc4ccccc43)N2C1=O. The standard InChI is InChI=1S/C25H34N4O4S/c1-26-15-20(30)27-18-9-13-34-21-14-25(10-4-5-11-25)22(29(21)24(18)32)23(31)28-17-8-12-33-19-7-3-2-6-16(17)19/h2-3,6-7,17-18,21-22,26H,4-5,8-15H2,1H3,(H,27,30)(H,28,31). The molecule has 1 aromatic carbocycles. The van der Waals surface area contributed by atoms with Gasteiger partial charge in [0.1, 0.15) is 17.8 Å². The molecule has 34 heavy (non-hydrogen) atoms. The van der Waals surface area contributed by atoms with Crippen molar-refractivity contribution in [1.82, 2.24) is 20.9 Å². The number of amides is 3. The summed E-state index contributed by atoms with van der Waals surface area (Å²) in [5, 5.41) is 9.02. The first-order valence-corrected chi connectivity index (χ1v) is 13.5. The molecule has 5 rings (SSSR count). The predicted octanol–water partition coefficient (Wildman–Crippen LogP) is 1.95. The van der Waals surface area contributed by atoms with Crippen LogP contribution in [0.5, 0.6) is 5.75 Å². The van der Waals surface area contributed by atoms with E-state index in [4.69, 9.17) is 4.74 Å². The zero-order chi connectivity index (χ0) is 23.7. The monoisotopic (exact) mass is 486 g/mol. The highest BCUT2D eigenvalue weighted by molar-refractivity contribution is 7.99. The summed E-state index contributed by atoms with van der Waals surface area (Å²) in [5.41, 5.74) is 0.810. The van der Waals surface area contributed by atoms with Gasteiger partial charge in [-0.05, 0) is 44.6 Å². The van der Waals surface area contributed by atoms with Gasteiger partial charge in [0.05, 0.1) is 24.6 Å². The van der Waals surface area contributed by atoms with E-state index >= 15 is 0 Å². The fourth-order valence-electron chi connectivity index (χ4n) is 6.30. The molecule has 3 amide bonds. The van der Waals surface area contributed by atoms with Crippen LogP contribution in [-0.2, 0) is 14.4 Å². The molecule has 1 spiro atoms. The van der Waals surface area contributed by atoms with Crippen molar-refractivity contribution in [2.75, 3.05) is 26.0 Å². The topological polar surface area (TPSA) is 99.8 Å². The molecule has 1 aromatic rings. The maximum absolute atomic E-state index is 14.0. The Morgan fingerprint density at radius 3 is 2.74 bits per heavy atom. The van der Waals surface area contributed by atoms with E-state index in [2.05, 4.69) is 16.0 Å². The second kappa shape index (κ2) is 9.77. The summed E-state index contributed by atoms with van der Waals surface area (Å²) in [6, 6.07) is 6.62. The second-order valence-electron chi connectivity index (χ2n) is 9.92. The Labute approximate surface area is 204 Å². The Morgan fingerprint density at radius 2 is 1.94 bits per heavy atom. The molecule has 3 fully saturated rings. The van der Waals surface area contributed by atoms with Gasteiger partial charge in [0, 0.05) is 17.4 Å². The van der Waals surface area contributed by atoms with Gasteiger partial charge in [0.2, 0.25) is 17.7 Å². The van der Waals surface area contributed by atoms with Gasteiger partial charge in [-0.25, -0.2) is 0 Å². The number of nitrogens with zero attached hydrogens (tertiary/aromatic N) is 1. The Hall–Kier alpha value is -2.26. The van der Waals surface area contributed by atoms with Gasteiger partial charge in [-0.15, -0.1) is 11.8 Å². The predicted molar refractivity (Wildman–Crippen MR) is 130 cm³/mol. The second-order valence-corrected chi connectivity index (χ2v) is 11.2. The quantitative estimate of drug-likeness (QED) is 0.588. The van der Waals surface area contributed by atoms with E-state index < -0.39 is 12.1 Å². The highest BCUT2D eigenvalue weighted by atomic mass is 32.2. The number of rotatable bonds is 5. The van der Waals surface area contributed by atoms with E-state index in [1.54, 1.807) is 18.8 Å². The number of para-hydroxylation sites is 1. The number of thioether (sulfide) groups is 1. The third-order valence-electron chi connectivity index (χ3n) is 7.81. The number of ether oxygens (including phenoxy) is 1. The van der Waals surface area contributed by atoms with E-state index in [0.29, 0.717) is 19.4 Å². The molecular weight excluding hydrogens is 452 g/mol. The molecule has 8 nitrogen and oxygen atoms in total. The van der Waals surface area contributed by atoms with Crippen molar-refractivity contribution in [2.45, 2.75) is 68.4 Å². The van der Waals surface area contributed by atoms with Crippen molar-refractivity contribution < 1.29 is 19.1 Å². The lowest BCUT2D eigenvalue weighted by Crippen LogP contribution is -2.58. The zero-order valence-electron chi connectivity index (χ0n) is 19.7. The number of hydrogen-bond acceptors (Lipinski definition) is 6. The van der Waals surface area contributed by atoms with Crippen molar-refractivity contribution in [2.24, 2.45) is 5.41 Å². The number of hydrogen-bond donors (Lipinski definition) is 3. The summed E-state index contributed by atoms with van der Waals surface area (Å²) >= 11 is 1.76. The lowest BCUT2D eigenvalue weighted by atomic mass is 9.78. The van der Waals surface area contributed by atoms with Crippen LogP contribution < -0.4 is 20.7 Å². The van der Waals surface area contributed by atoms with Crippen LogP contribution in [0.25, 0.3) is 0 Å². The summed E-state index contributed by atoms with van der Waals surface area (Å²) < 4.78 is 5.78. The first kappa shape index (κ1) is 23.5. The normalized spacial score (nSPS) is 29.7. The summed E-state index contributed by atoms with van der Waals surface area (Å²) in [7, 11) is 1.71. The number of fused-ring (bicyclic) bond motifs is 2. The van der Waals surface area contributed by atoms with E-state index in [-0.39, 0.29) is 41.1 Å². The summed E-state index contributed by atoms with van der Waals surface area (Å²) in [6.07, 6.45) is 6.25. The lowest BCUT2D eigenvalue weighted by molar-refractivity contribution is -0.144. The van der Waals surface area contributed by atoms with E-state index in [1.807, 2.05) is 29.2 Å². The Kier molecular flexibility index (Phi) is 6.75. The fourth-order valence-corrected chi connectivity index (χ4v) is 7.78. The molecule has 184 valence electrons. The van der Waals surface area contributed by atoms with Crippen molar-refractivity contribution in [1.29, 1.82) is 0 Å². The molecule has 0 aromatic heterocycles. The van der Waals surface area contributed by atoms with Gasteiger partial charge in [-0.2, -0.15) is 0 Å². The minimum absolute atomic E-state index is 0.0190. The van der Waals surface area contributed by atoms with Crippen molar-refractivity contribution in [3.63, 3.8) is 0 Å². The first-order chi connectivity index (χ1) is 16.5. The van der Waals surface area contributed by atoms with Gasteiger partial charge in [0.15, 0.2) is 0 Å². The van der Waals surface area contributed by atoms with Crippen LogP contribution in [0.3, 0.4) is 0 Å².